The predicted octanol–water partition coefficient (Wildman–Crippen LogP) is 1.02. The molecule has 92 valence electrons. The van der Waals surface area contributed by atoms with Crippen LogP contribution < -0.4 is 0 Å². The molecule has 0 saturated heterocycles. The summed E-state index contributed by atoms with van der Waals surface area (Å²) in [5, 5.41) is 19.1. The van der Waals surface area contributed by atoms with Crippen LogP contribution in [0.25, 0.3) is 0 Å². The molecule has 4 heteroatoms. The van der Waals surface area contributed by atoms with E-state index < -0.39 is 11.7 Å². The summed E-state index contributed by atoms with van der Waals surface area (Å²) in [4.78, 5) is 10.9. The first-order chi connectivity index (χ1) is 7.34. The van der Waals surface area contributed by atoms with Crippen molar-refractivity contribution in [2.45, 2.75) is 45.3 Å². The highest BCUT2D eigenvalue weighted by Crippen LogP contribution is 2.33. The molecule has 4 nitrogen and oxygen atoms in total. The van der Waals surface area contributed by atoms with Gasteiger partial charge in [0.25, 0.3) is 0 Å². The molecule has 0 aromatic rings. The zero-order chi connectivity index (χ0) is 12.3. The van der Waals surface area contributed by atoms with Gasteiger partial charge in [-0.15, -0.1) is 0 Å². The molecule has 0 radical (unpaired) electrons. The number of aliphatic hydroxyl groups excluding tert-OH is 1. The fourth-order valence-electron chi connectivity index (χ4n) is 2.00. The highest BCUT2D eigenvalue weighted by Gasteiger charge is 2.34. The monoisotopic (exact) mass is 228 g/mol. The summed E-state index contributed by atoms with van der Waals surface area (Å²) in [6, 6.07) is 0. The van der Waals surface area contributed by atoms with Crippen LogP contribution in [0.15, 0.2) is 11.6 Å². The van der Waals surface area contributed by atoms with E-state index in [4.69, 9.17) is 9.84 Å². The van der Waals surface area contributed by atoms with E-state index in [2.05, 4.69) is 0 Å². The zero-order valence-corrected chi connectivity index (χ0v) is 10.1. The highest BCUT2D eigenvalue weighted by atomic mass is 16.5. The summed E-state index contributed by atoms with van der Waals surface area (Å²) in [5.74, 6) is -0.312. The van der Waals surface area contributed by atoms with Crippen LogP contribution >= 0.6 is 0 Å². The molecule has 1 aliphatic carbocycles. The molecule has 0 aromatic heterocycles. The lowest BCUT2D eigenvalue weighted by molar-refractivity contribution is -0.147. The molecule has 0 aromatic carbocycles. The van der Waals surface area contributed by atoms with Crippen LogP contribution in [0.2, 0.25) is 0 Å². The van der Waals surface area contributed by atoms with Gasteiger partial charge in [-0.25, -0.2) is 0 Å². The standard InChI is InChI=1S/C12H20O4/c1-8(14)16-11-6-10(12(2,3)15)5-4-9(11)7-13/h4,10-11,13,15H,5-7H2,1-3H3. The third-order valence-electron chi connectivity index (χ3n) is 3.07. The molecule has 2 unspecified atom stereocenters. The minimum atomic E-state index is -0.796. The Bertz CT molecular complexity index is 288. The van der Waals surface area contributed by atoms with Crippen molar-refractivity contribution in [3.05, 3.63) is 11.6 Å². The van der Waals surface area contributed by atoms with Gasteiger partial charge < -0.3 is 14.9 Å². The van der Waals surface area contributed by atoms with Crippen molar-refractivity contribution in [1.29, 1.82) is 0 Å². The normalized spacial score (nSPS) is 26.2. The van der Waals surface area contributed by atoms with Crippen LogP contribution in [0, 0.1) is 5.92 Å². The van der Waals surface area contributed by atoms with Crippen LogP contribution in [0.5, 0.6) is 0 Å². The van der Waals surface area contributed by atoms with Crippen LogP contribution in [-0.4, -0.2) is 34.5 Å². The first kappa shape index (κ1) is 13.2. The second-order valence-corrected chi connectivity index (χ2v) is 4.86. The van der Waals surface area contributed by atoms with E-state index in [1.54, 1.807) is 13.8 Å². The van der Waals surface area contributed by atoms with Crippen LogP contribution in [-0.2, 0) is 9.53 Å². The molecule has 0 spiro atoms. The number of aliphatic hydroxyl groups is 2. The number of rotatable bonds is 3. The minimum Gasteiger partial charge on any atom is -0.458 e. The molecule has 2 atom stereocenters. The second-order valence-electron chi connectivity index (χ2n) is 4.86. The van der Waals surface area contributed by atoms with Crippen molar-refractivity contribution in [2.75, 3.05) is 6.61 Å². The molecule has 0 heterocycles. The Morgan fingerprint density at radius 2 is 2.25 bits per heavy atom. The summed E-state index contributed by atoms with van der Waals surface area (Å²) in [6.07, 6.45) is 2.74. The van der Waals surface area contributed by atoms with Gasteiger partial charge in [-0.05, 0) is 38.2 Å². The van der Waals surface area contributed by atoms with Crippen molar-refractivity contribution in [2.24, 2.45) is 5.92 Å². The second kappa shape index (κ2) is 4.97. The van der Waals surface area contributed by atoms with Crippen molar-refractivity contribution >= 4 is 5.97 Å². The van der Waals surface area contributed by atoms with Crippen molar-refractivity contribution in [3.63, 3.8) is 0 Å². The topological polar surface area (TPSA) is 66.8 Å². The third-order valence-corrected chi connectivity index (χ3v) is 3.07. The number of hydrogen-bond donors (Lipinski definition) is 2. The fraction of sp³-hybridized carbons (Fsp3) is 0.750. The zero-order valence-electron chi connectivity index (χ0n) is 10.1. The average molecular weight is 228 g/mol. The lowest BCUT2D eigenvalue weighted by atomic mass is 9.78. The maximum absolute atomic E-state index is 10.9. The van der Waals surface area contributed by atoms with Crippen LogP contribution in [0.4, 0.5) is 0 Å². The molecular weight excluding hydrogens is 208 g/mol. The minimum absolute atomic E-state index is 0.0483. The molecule has 0 saturated carbocycles. The van der Waals surface area contributed by atoms with Gasteiger partial charge in [0.1, 0.15) is 6.10 Å². The first-order valence-electron chi connectivity index (χ1n) is 5.54. The SMILES string of the molecule is CC(=O)OC1CC(C(C)(C)O)CC=C1CO. The van der Waals surface area contributed by atoms with Crippen molar-refractivity contribution in [3.8, 4) is 0 Å². The summed E-state index contributed by atoms with van der Waals surface area (Å²) < 4.78 is 5.14. The van der Waals surface area contributed by atoms with E-state index in [9.17, 15) is 9.90 Å². The number of ether oxygens (including phenoxy) is 1. The molecule has 16 heavy (non-hydrogen) atoms. The van der Waals surface area contributed by atoms with Crippen molar-refractivity contribution < 1.29 is 19.7 Å². The van der Waals surface area contributed by atoms with E-state index in [1.165, 1.54) is 6.92 Å². The Morgan fingerprint density at radius 3 is 2.69 bits per heavy atom. The summed E-state index contributed by atoms with van der Waals surface area (Å²) in [5.41, 5.74) is -0.0636. The molecular formula is C12H20O4. The Kier molecular flexibility index (Phi) is 4.10. The van der Waals surface area contributed by atoms with E-state index in [0.29, 0.717) is 12.8 Å². The molecule has 0 amide bonds. The van der Waals surface area contributed by atoms with E-state index in [1.807, 2.05) is 6.08 Å². The van der Waals surface area contributed by atoms with Gasteiger partial charge in [0.05, 0.1) is 12.2 Å². The van der Waals surface area contributed by atoms with Gasteiger partial charge in [-0.1, -0.05) is 6.08 Å². The van der Waals surface area contributed by atoms with Crippen LogP contribution in [0.1, 0.15) is 33.6 Å². The van der Waals surface area contributed by atoms with Gasteiger partial charge >= 0.3 is 5.97 Å². The van der Waals surface area contributed by atoms with Gasteiger partial charge in [-0.2, -0.15) is 0 Å². The Labute approximate surface area is 95.9 Å². The van der Waals surface area contributed by atoms with Crippen LogP contribution in [0.3, 0.4) is 0 Å². The lowest BCUT2D eigenvalue weighted by Gasteiger charge is -2.35. The highest BCUT2D eigenvalue weighted by molar-refractivity contribution is 5.66. The largest absolute Gasteiger partial charge is 0.458 e. The average Bonchev–Trinajstić information content (AvgIpc) is 2.15. The number of esters is 1. The van der Waals surface area contributed by atoms with Gasteiger partial charge in [0.15, 0.2) is 0 Å². The third kappa shape index (κ3) is 3.32. The predicted molar refractivity (Wildman–Crippen MR) is 59.7 cm³/mol. The maximum Gasteiger partial charge on any atom is 0.303 e. The fourth-order valence-corrected chi connectivity index (χ4v) is 2.00. The van der Waals surface area contributed by atoms with E-state index >= 15 is 0 Å². The van der Waals surface area contributed by atoms with Gasteiger partial charge in [-0.3, -0.25) is 4.79 Å². The molecule has 1 aliphatic rings. The Balaban J connectivity index is 2.77. The number of allylic oxidation sites excluding steroid dienone is 1. The van der Waals surface area contributed by atoms with E-state index in [0.717, 1.165) is 5.57 Å². The molecule has 0 aliphatic heterocycles. The van der Waals surface area contributed by atoms with Crippen molar-refractivity contribution in [1.82, 2.24) is 0 Å². The summed E-state index contributed by atoms with van der Waals surface area (Å²) in [7, 11) is 0. The first-order valence-corrected chi connectivity index (χ1v) is 5.54. The maximum atomic E-state index is 10.9. The summed E-state index contributed by atoms with van der Waals surface area (Å²) in [6.45, 7) is 4.75. The van der Waals surface area contributed by atoms with E-state index in [-0.39, 0.29) is 18.5 Å². The number of hydrogen-bond acceptors (Lipinski definition) is 4. The smallest absolute Gasteiger partial charge is 0.303 e. The quantitative estimate of drug-likeness (QED) is 0.559. The Morgan fingerprint density at radius 1 is 1.62 bits per heavy atom. The van der Waals surface area contributed by atoms with Gasteiger partial charge in [0.2, 0.25) is 0 Å². The molecule has 0 fully saturated rings. The Hall–Kier alpha value is -0.870. The van der Waals surface area contributed by atoms with Gasteiger partial charge in [0, 0.05) is 6.92 Å². The summed E-state index contributed by atoms with van der Waals surface area (Å²) >= 11 is 0. The number of carbonyl (C=O) groups excluding carboxylic acids is 1. The molecule has 2 N–H and O–H groups in total. The lowest BCUT2D eigenvalue weighted by Crippen LogP contribution is -2.38. The number of carbonyl (C=O) groups is 1. The molecule has 0 bridgehead atoms. The molecule has 1 rings (SSSR count).